The number of nitrogens with one attached hydrogen (secondary N) is 1. The first-order chi connectivity index (χ1) is 10.1. The van der Waals surface area contributed by atoms with Gasteiger partial charge in [0.2, 0.25) is 0 Å². The van der Waals surface area contributed by atoms with Gasteiger partial charge in [-0.15, -0.1) is 12.4 Å². The summed E-state index contributed by atoms with van der Waals surface area (Å²) in [7, 11) is 0. The maximum absolute atomic E-state index is 12.0. The number of benzene rings is 2. The zero-order valence-corrected chi connectivity index (χ0v) is 14.9. The van der Waals surface area contributed by atoms with Crippen LogP contribution in [0.1, 0.15) is 35.8 Å². The summed E-state index contributed by atoms with van der Waals surface area (Å²) in [5.74, 6) is -0.302. The molecule has 0 radical (unpaired) electrons. The molecule has 0 aliphatic heterocycles. The second-order valence-electron chi connectivity index (χ2n) is 4.68. The van der Waals surface area contributed by atoms with Crippen LogP contribution in [0.4, 0.5) is 5.69 Å². The van der Waals surface area contributed by atoms with Crippen molar-refractivity contribution in [2.45, 2.75) is 19.9 Å². The summed E-state index contributed by atoms with van der Waals surface area (Å²) < 4.78 is 6.13. The average Bonchev–Trinajstić information content (AvgIpc) is 2.48. The van der Waals surface area contributed by atoms with Gasteiger partial charge in [-0.05, 0) is 43.7 Å². The van der Waals surface area contributed by atoms with Gasteiger partial charge < -0.3 is 10.1 Å². The Morgan fingerprint density at radius 1 is 1.18 bits per heavy atom. The van der Waals surface area contributed by atoms with Gasteiger partial charge in [-0.25, -0.2) is 4.79 Å². The minimum Gasteiger partial charge on any atom is -0.462 e. The van der Waals surface area contributed by atoms with Gasteiger partial charge in [0.25, 0.3) is 0 Å². The molecule has 1 N–H and O–H groups in total. The van der Waals surface area contributed by atoms with Crippen LogP contribution in [0.25, 0.3) is 0 Å². The Labute approximate surface area is 145 Å². The Morgan fingerprint density at radius 3 is 2.45 bits per heavy atom. The van der Waals surface area contributed by atoms with Crippen molar-refractivity contribution in [1.29, 1.82) is 0 Å². The summed E-state index contributed by atoms with van der Waals surface area (Å²) in [5.41, 5.74) is 2.49. The van der Waals surface area contributed by atoms with Crippen LogP contribution >= 0.6 is 28.3 Å². The van der Waals surface area contributed by atoms with Crippen LogP contribution in [0.5, 0.6) is 0 Å². The standard InChI is InChI=1S/C17H18BrNO2.ClH/c1-3-21-17(20)15-6-4-5-7-16(15)19-12(2)13-8-10-14(18)11-9-13;/h4-12,19H,3H2,1-2H3;1H. The molecule has 22 heavy (non-hydrogen) atoms. The number of ether oxygens (including phenoxy) is 1. The molecule has 5 heteroatoms. The van der Waals surface area contributed by atoms with E-state index in [4.69, 9.17) is 4.74 Å². The summed E-state index contributed by atoms with van der Waals surface area (Å²) in [4.78, 5) is 12.0. The molecule has 2 rings (SSSR count). The number of halogens is 2. The Bertz CT molecular complexity index is 616. The normalized spacial score (nSPS) is 11.2. The predicted octanol–water partition coefficient (Wildman–Crippen LogP) is 5.22. The van der Waals surface area contributed by atoms with Gasteiger partial charge in [-0.3, -0.25) is 0 Å². The Hall–Kier alpha value is -1.52. The molecule has 0 aliphatic carbocycles. The second-order valence-corrected chi connectivity index (χ2v) is 5.60. The SMILES string of the molecule is CCOC(=O)c1ccccc1NC(C)c1ccc(Br)cc1.Cl. The lowest BCUT2D eigenvalue weighted by Crippen LogP contribution is -2.12. The van der Waals surface area contributed by atoms with Gasteiger partial charge in [0.15, 0.2) is 0 Å². The van der Waals surface area contributed by atoms with Gasteiger partial charge in [0.1, 0.15) is 0 Å². The largest absolute Gasteiger partial charge is 0.462 e. The molecule has 2 aromatic carbocycles. The maximum atomic E-state index is 12.0. The van der Waals surface area contributed by atoms with Crippen molar-refractivity contribution in [3.05, 3.63) is 64.1 Å². The molecule has 1 atom stereocenters. The predicted molar refractivity (Wildman–Crippen MR) is 95.8 cm³/mol. The molecule has 0 aromatic heterocycles. The van der Waals surface area contributed by atoms with Crippen LogP contribution in [0, 0.1) is 0 Å². The molecule has 0 saturated heterocycles. The number of carbonyl (C=O) groups excluding carboxylic acids is 1. The van der Waals surface area contributed by atoms with E-state index in [1.54, 1.807) is 13.0 Å². The zero-order valence-electron chi connectivity index (χ0n) is 12.5. The fourth-order valence-corrected chi connectivity index (χ4v) is 2.33. The fourth-order valence-electron chi connectivity index (χ4n) is 2.06. The summed E-state index contributed by atoms with van der Waals surface area (Å²) in [6, 6.07) is 15.6. The Kier molecular flexibility index (Phi) is 7.42. The molecule has 0 bridgehead atoms. The molecule has 0 fully saturated rings. The van der Waals surface area contributed by atoms with Crippen molar-refractivity contribution in [2.24, 2.45) is 0 Å². The van der Waals surface area contributed by atoms with Gasteiger partial charge in [-0.1, -0.05) is 40.2 Å². The summed E-state index contributed by atoms with van der Waals surface area (Å²) >= 11 is 3.43. The molecule has 0 saturated carbocycles. The van der Waals surface area contributed by atoms with Crippen LogP contribution in [-0.2, 0) is 4.74 Å². The molecule has 118 valence electrons. The number of anilines is 1. The quantitative estimate of drug-likeness (QED) is 0.718. The van der Waals surface area contributed by atoms with Gasteiger partial charge >= 0.3 is 5.97 Å². The first-order valence-corrected chi connectivity index (χ1v) is 7.69. The Balaban J connectivity index is 0.00000242. The molecule has 0 heterocycles. The van der Waals surface area contributed by atoms with Crippen LogP contribution in [0.2, 0.25) is 0 Å². The van der Waals surface area contributed by atoms with Crippen LogP contribution in [0.3, 0.4) is 0 Å². The number of rotatable bonds is 5. The molecular formula is C17H19BrClNO2. The van der Waals surface area contributed by atoms with E-state index >= 15 is 0 Å². The Morgan fingerprint density at radius 2 is 1.82 bits per heavy atom. The van der Waals surface area contributed by atoms with Crippen molar-refractivity contribution >= 4 is 40.0 Å². The topological polar surface area (TPSA) is 38.3 Å². The van der Waals surface area contributed by atoms with Crippen molar-refractivity contribution < 1.29 is 9.53 Å². The van der Waals surface area contributed by atoms with E-state index in [1.165, 1.54) is 0 Å². The van der Waals surface area contributed by atoms with Gasteiger partial charge in [0.05, 0.1) is 12.2 Å². The lowest BCUT2D eigenvalue weighted by atomic mass is 10.1. The molecular weight excluding hydrogens is 366 g/mol. The maximum Gasteiger partial charge on any atom is 0.340 e. The van der Waals surface area contributed by atoms with E-state index in [-0.39, 0.29) is 24.4 Å². The molecule has 2 aromatic rings. The molecule has 0 aliphatic rings. The minimum absolute atomic E-state index is 0. The molecule has 0 spiro atoms. The third-order valence-corrected chi connectivity index (χ3v) is 3.69. The number of para-hydroxylation sites is 1. The highest BCUT2D eigenvalue weighted by molar-refractivity contribution is 9.10. The van der Waals surface area contributed by atoms with E-state index in [9.17, 15) is 4.79 Å². The van der Waals surface area contributed by atoms with Gasteiger partial charge in [0, 0.05) is 16.2 Å². The number of hydrogen-bond acceptors (Lipinski definition) is 3. The lowest BCUT2D eigenvalue weighted by Gasteiger charge is -2.18. The third-order valence-electron chi connectivity index (χ3n) is 3.16. The van der Waals surface area contributed by atoms with E-state index in [0.717, 1.165) is 15.7 Å². The van der Waals surface area contributed by atoms with E-state index in [0.29, 0.717) is 12.2 Å². The van der Waals surface area contributed by atoms with Crippen molar-refractivity contribution in [3.8, 4) is 0 Å². The van der Waals surface area contributed by atoms with Crippen molar-refractivity contribution in [2.75, 3.05) is 11.9 Å². The van der Waals surface area contributed by atoms with Crippen molar-refractivity contribution in [1.82, 2.24) is 0 Å². The highest BCUT2D eigenvalue weighted by atomic mass is 79.9. The van der Waals surface area contributed by atoms with Crippen LogP contribution in [0.15, 0.2) is 53.0 Å². The third kappa shape index (κ3) is 4.75. The first-order valence-electron chi connectivity index (χ1n) is 6.90. The first kappa shape index (κ1) is 18.5. The summed E-state index contributed by atoms with van der Waals surface area (Å²) in [5, 5.41) is 3.37. The minimum atomic E-state index is -0.302. The number of esters is 1. The van der Waals surface area contributed by atoms with Gasteiger partial charge in [-0.2, -0.15) is 0 Å². The van der Waals surface area contributed by atoms with E-state index < -0.39 is 0 Å². The summed E-state index contributed by atoms with van der Waals surface area (Å²) in [6.45, 7) is 4.24. The average molecular weight is 385 g/mol. The van der Waals surface area contributed by atoms with Crippen LogP contribution < -0.4 is 5.32 Å². The fraction of sp³-hybridized carbons (Fsp3) is 0.235. The molecule has 3 nitrogen and oxygen atoms in total. The number of carbonyl (C=O) groups is 1. The molecule has 1 unspecified atom stereocenters. The highest BCUT2D eigenvalue weighted by Gasteiger charge is 2.14. The highest BCUT2D eigenvalue weighted by Crippen LogP contribution is 2.24. The summed E-state index contributed by atoms with van der Waals surface area (Å²) in [6.07, 6.45) is 0. The zero-order chi connectivity index (χ0) is 15.2. The number of hydrogen-bond donors (Lipinski definition) is 1. The second kappa shape index (κ2) is 8.81. The molecule has 0 amide bonds. The van der Waals surface area contributed by atoms with Crippen LogP contribution in [-0.4, -0.2) is 12.6 Å². The monoisotopic (exact) mass is 383 g/mol. The smallest absolute Gasteiger partial charge is 0.340 e. The van der Waals surface area contributed by atoms with E-state index in [1.807, 2.05) is 30.3 Å². The van der Waals surface area contributed by atoms with E-state index in [2.05, 4.69) is 40.3 Å². The lowest BCUT2D eigenvalue weighted by molar-refractivity contribution is 0.0527. The van der Waals surface area contributed by atoms with Crippen molar-refractivity contribution in [3.63, 3.8) is 0 Å².